The van der Waals surface area contributed by atoms with Crippen LogP contribution in [-0.2, 0) is 13.1 Å². The van der Waals surface area contributed by atoms with Crippen LogP contribution < -0.4 is 18.9 Å². The summed E-state index contributed by atoms with van der Waals surface area (Å²) in [4.78, 5) is 7.25. The molecule has 220 valence electrons. The lowest BCUT2D eigenvalue weighted by Crippen LogP contribution is -2.41. The van der Waals surface area contributed by atoms with Crippen molar-refractivity contribution in [1.29, 1.82) is 0 Å². The predicted octanol–water partition coefficient (Wildman–Crippen LogP) is 8.45. The Labute approximate surface area is 265 Å². The van der Waals surface area contributed by atoms with Crippen molar-refractivity contribution in [1.82, 2.24) is 0 Å². The van der Waals surface area contributed by atoms with E-state index in [9.17, 15) is 0 Å². The van der Waals surface area contributed by atoms with Gasteiger partial charge < -0.3 is 9.80 Å². The van der Waals surface area contributed by atoms with Gasteiger partial charge in [0.15, 0.2) is 22.8 Å². The van der Waals surface area contributed by atoms with Crippen LogP contribution in [0, 0.1) is 27.7 Å². The number of fused-ring (bicyclic) bond motifs is 2. The highest BCUT2D eigenvalue weighted by Gasteiger charge is 2.23. The molecular weight excluding hydrogens is 565 g/mol. The molecule has 4 aromatic rings. The summed E-state index contributed by atoms with van der Waals surface area (Å²) in [5, 5.41) is 2.56. The number of hydrogen-bond acceptors (Lipinski definition) is 4. The van der Waals surface area contributed by atoms with Crippen molar-refractivity contribution >= 4 is 47.1 Å². The first-order chi connectivity index (χ1) is 20.8. The van der Waals surface area contributed by atoms with E-state index >= 15 is 0 Å². The molecule has 2 aromatic carbocycles. The molecule has 2 aliphatic heterocycles. The third-order valence-corrected chi connectivity index (χ3v) is 10.9. The molecule has 0 bridgehead atoms. The molecule has 0 spiro atoms. The third kappa shape index (κ3) is 6.27. The van der Waals surface area contributed by atoms with E-state index in [1.165, 1.54) is 84.4 Å². The Hall–Kier alpha value is -3.48. The SMILES string of the molecule is Cc1cc(/C=C2/Sc3ccccc3N2C)cc(C)[n+]1CCCCC[n+]1c(C)cc(/C=C2/Sc3ccccc3N2C)cc1C. The van der Waals surface area contributed by atoms with E-state index in [-0.39, 0.29) is 0 Å². The summed E-state index contributed by atoms with van der Waals surface area (Å²) >= 11 is 3.70. The molecule has 0 fully saturated rings. The fourth-order valence-corrected chi connectivity index (χ4v) is 8.51. The van der Waals surface area contributed by atoms with Crippen molar-refractivity contribution in [3.05, 3.63) is 117 Å². The first-order valence-corrected chi connectivity index (χ1v) is 16.9. The number of unbranched alkanes of at least 4 members (excludes halogenated alkanes) is 2. The van der Waals surface area contributed by atoms with Crippen LogP contribution in [0.3, 0.4) is 0 Å². The first kappa shape index (κ1) is 29.6. The Morgan fingerprint density at radius 1 is 0.558 bits per heavy atom. The molecule has 0 saturated carbocycles. The quantitative estimate of drug-likeness (QED) is 0.148. The minimum absolute atomic E-state index is 1.07. The lowest BCUT2D eigenvalue weighted by atomic mass is 10.1. The second-order valence-electron chi connectivity index (χ2n) is 11.7. The molecule has 0 amide bonds. The van der Waals surface area contributed by atoms with E-state index in [1.54, 1.807) is 0 Å². The standard InChI is InChI=1S/C37H42N4S2/c1-26-20-30(24-36-38(5)32-14-8-10-16-34(32)42-36)21-27(2)40(26)18-12-7-13-19-41-28(3)22-31(23-29(41)4)25-37-39(6)33-15-9-11-17-35(33)43-37/h8-11,14-17,20-25H,7,12-13,18-19H2,1-6H3/q+2. The predicted molar refractivity (Wildman–Crippen MR) is 183 cm³/mol. The molecule has 0 N–H and O–H groups in total. The number of hydrogen-bond donors (Lipinski definition) is 0. The molecule has 4 heterocycles. The summed E-state index contributed by atoms with van der Waals surface area (Å²) in [6.45, 7) is 11.1. The Morgan fingerprint density at radius 3 is 1.30 bits per heavy atom. The summed E-state index contributed by atoms with van der Waals surface area (Å²) in [6.07, 6.45) is 8.24. The maximum atomic E-state index is 2.48. The number of aryl methyl sites for hydroxylation is 4. The number of nitrogens with zero attached hydrogens (tertiary/aromatic N) is 4. The van der Waals surface area contributed by atoms with Crippen LogP contribution in [0.2, 0.25) is 0 Å². The van der Waals surface area contributed by atoms with E-state index in [0.717, 1.165) is 13.1 Å². The molecule has 6 heteroatoms. The zero-order chi connectivity index (χ0) is 30.1. The zero-order valence-corrected chi connectivity index (χ0v) is 27.9. The largest absolute Gasteiger partial charge is 0.338 e. The van der Waals surface area contributed by atoms with E-state index in [4.69, 9.17) is 0 Å². The van der Waals surface area contributed by atoms with Gasteiger partial charge in [-0.1, -0.05) is 47.8 Å². The summed E-state index contributed by atoms with van der Waals surface area (Å²) in [5.74, 6) is 0. The highest BCUT2D eigenvalue weighted by Crippen LogP contribution is 2.46. The topological polar surface area (TPSA) is 14.2 Å². The monoisotopic (exact) mass is 606 g/mol. The number of pyridine rings is 2. The van der Waals surface area contributed by atoms with Gasteiger partial charge in [-0.3, -0.25) is 0 Å². The number of thioether (sulfide) groups is 2. The Morgan fingerprint density at radius 2 is 0.930 bits per heavy atom. The summed E-state index contributed by atoms with van der Waals surface area (Å²) in [5.41, 5.74) is 10.4. The van der Waals surface area contributed by atoms with Crippen molar-refractivity contribution in [2.24, 2.45) is 0 Å². The molecule has 2 aromatic heterocycles. The average molecular weight is 607 g/mol. The van der Waals surface area contributed by atoms with Gasteiger partial charge >= 0.3 is 0 Å². The van der Waals surface area contributed by atoms with Crippen molar-refractivity contribution in [3.63, 3.8) is 0 Å². The van der Waals surface area contributed by atoms with Gasteiger partial charge in [0.25, 0.3) is 0 Å². The number of anilines is 2. The molecule has 4 nitrogen and oxygen atoms in total. The Bertz CT molecular complexity index is 1570. The maximum absolute atomic E-state index is 2.48. The molecule has 0 unspecified atom stereocenters. The van der Waals surface area contributed by atoms with Crippen molar-refractivity contribution < 1.29 is 9.13 Å². The van der Waals surface area contributed by atoms with Gasteiger partial charge in [-0.05, 0) is 54.0 Å². The number of para-hydroxylation sites is 2. The van der Waals surface area contributed by atoms with Gasteiger partial charge in [0.1, 0.15) is 13.1 Å². The van der Waals surface area contributed by atoms with Crippen molar-refractivity contribution in [3.8, 4) is 0 Å². The molecule has 6 rings (SSSR count). The van der Waals surface area contributed by atoms with E-state index < -0.39 is 0 Å². The average Bonchev–Trinajstić information content (AvgIpc) is 3.46. The van der Waals surface area contributed by atoms with Crippen LogP contribution in [0.25, 0.3) is 12.2 Å². The normalized spacial score (nSPS) is 16.0. The van der Waals surface area contributed by atoms with E-state index in [0.29, 0.717) is 0 Å². The van der Waals surface area contributed by atoms with E-state index in [1.807, 2.05) is 23.5 Å². The minimum Gasteiger partial charge on any atom is -0.338 e. The van der Waals surface area contributed by atoms with E-state index in [2.05, 4.69) is 146 Å². The molecule has 0 saturated heterocycles. The smallest absolute Gasteiger partial charge is 0.179 e. The van der Waals surface area contributed by atoms with Crippen LogP contribution in [0.1, 0.15) is 53.2 Å². The second kappa shape index (κ2) is 12.6. The molecule has 43 heavy (non-hydrogen) atoms. The Balaban J connectivity index is 1.03. The molecule has 0 aliphatic carbocycles. The van der Waals surface area contributed by atoms with Crippen LogP contribution in [0.5, 0.6) is 0 Å². The van der Waals surface area contributed by atoms with Gasteiger partial charge in [-0.15, -0.1) is 0 Å². The fourth-order valence-electron chi connectivity index (χ4n) is 6.28. The van der Waals surface area contributed by atoms with Crippen LogP contribution in [0.15, 0.2) is 92.6 Å². The number of benzene rings is 2. The molecule has 2 aliphatic rings. The lowest BCUT2D eigenvalue weighted by molar-refractivity contribution is -0.712. The highest BCUT2D eigenvalue weighted by molar-refractivity contribution is 8.04. The second-order valence-corrected chi connectivity index (χ2v) is 13.9. The van der Waals surface area contributed by atoms with Gasteiger partial charge in [0.2, 0.25) is 0 Å². The van der Waals surface area contributed by atoms with Crippen LogP contribution in [0.4, 0.5) is 11.4 Å². The van der Waals surface area contributed by atoms with Crippen molar-refractivity contribution in [2.45, 2.75) is 69.8 Å². The number of rotatable bonds is 8. The van der Waals surface area contributed by atoms with Crippen LogP contribution in [-0.4, -0.2) is 14.1 Å². The molecular formula is C37H42N4S2+2. The fraction of sp³-hybridized carbons (Fsp3) is 0.297. The molecule has 0 atom stereocenters. The number of aromatic nitrogens is 2. The van der Waals surface area contributed by atoms with Gasteiger partial charge in [-0.2, -0.15) is 0 Å². The van der Waals surface area contributed by atoms with Gasteiger partial charge in [0.05, 0.1) is 21.4 Å². The van der Waals surface area contributed by atoms with Gasteiger partial charge in [0, 0.05) is 88.7 Å². The molecule has 0 radical (unpaired) electrons. The Kier molecular flexibility index (Phi) is 8.69. The minimum atomic E-state index is 1.07. The summed E-state index contributed by atoms with van der Waals surface area (Å²) < 4.78 is 4.95. The summed E-state index contributed by atoms with van der Waals surface area (Å²) in [6, 6.07) is 26.6. The summed E-state index contributed by atoms with van der Waals surface area (Å²) in [7, 11) is 4.32. The maximum Gasteiger partial charge on any atom is 0.179 e. The van der Waals surface area contributed by atoms with Crippen molar-refractivity contribution in [2.75, 3.05) is 23.9 Å². The first-order valence-electron chi connectivity index (χ1n) is 15.3. The lowest BCUT2D eigenvalue weighted by Gasteiger charge is -2.13. The highest BCUT2D eigenvalue weighted by atomic mass is 32.2. The van der Waals surface area contributed by atoms with Crippen LogP contribution >= 0.6 is 23.5 Å². The zero-order valence-electron chi connectivity index (χ0n) is 26.2. The third-order valence-electron chi connectivity index (χ3n) is 8.59. The van der Waals surface area contributed by atoms with Gasteiger partial charge in [-0.25, -0.2) is 9.13 Å².